The van der Waals surface area contributed by atoms with E-state index in [1.54, 1.807) is 11.8 Å². The molecule has 0 saturated carbocycles. The number of thioether (sulfide) groups is 1. The zero-order valence-electron chi connectivity index (χ0n) is 7.98. The smallest absolute Gasteiger partial charge is 0.122 e. The minimum absolute atomic E-state index is 0.264. The van der Waals surface area contributed by atoms with Crippen molar-refractivity contribution in [2.75, 3.05) is 24.7 Å². The standard InChI is InChI=1S/C11H14O2S/c12-5-6-14-8-9-7-13-11-4-2-1-3-10(9)11/h1-4,9,12H,5-8H2. The fourth-order valence-electron chi connectivity index (χ4n) is 1.66. The first kappa shape index (κ1) is 9.87. The summed E-state index contributed by atoms with van der Waals surface area (Å²) in [6.07, 6.45) is 0. The molecule has 1 atom stereocenters. The molecule has 2 rings (SSSR count). The van der Waals surface area contributed by atoms with Gasteiger partial charge in [0, 0.05) is 23.0 Å². The van der Waals surface area contributed by atoms with Crippen LogP contribution in [0.1, 0.15) is 11.5 Å². The first-order chi connectivity index (χ1) is 6.92. The third-order valence-corrected chi connectivity index (χ3v) is 3.46. The number of hydrogen-bond donors (Lipinski definition) is 1. The van der Waals surface area contributed by atoms with Gasteiger partial charge in [0.2, 0.25) is 0 Å². The number of aliphatic hydroxyl groups excluding tert-OH is 1. The molecule has 0 radical (unpaired) electrons. The van der Waals surface area contributed by atoms with Crippen LogP contribution in [0.25, 0.3) is 0 Å². The SMILES string of the molecule is OCCSCC1COc2ccccc21. The summed E-state index contributed by atoms with van der Waals surface area (Å²) in [5.74, 6) is 3.39. The summed E-state index contributed by atoms with van der Waals surface area (Å²) in [5, 5.41) is 8.68. The van der Waals surface area contributed by atoms with Crippen LogP contribution in [0.5, 0.6) is 5.75 Å². The predicted molar refractivity (Wildman–Crippen MR) is 59.1 cm³/mol. The average molecular weight is 210 g/mol. The van der Waals surface area contributed by atoms with Gasteiger partial charge >= 0.3 is 0 Å². The minimum atomic E-state index is 0.264. The lowest BCUT2D eigenvalue weighted by Crippen LogP contribution is -2.04. The van der Waals surface area contributed by atoms with Gasteiger partial charge in [-0.25, -0.2) is 0 Å². The summed E-state index contributed by atoms with van der Waals surface area (Å²) in [6.45, 7) is 1.05. The molecule has 0 spiro atoms. The van der Waals surface area contributed by atoms with Gasteiger partial charge in [-0.3, -0.25) is 0 Å². The normalized spacial score (nSPS) is 19.1. The highest BCUT2D eigenvalue weighted by molar-refractivity contribution is 7.99. The maximum Gasteiger partial charge on any atom is 0.122 e. The van der Waals surface area contributed by atoms with Crippen LogP contribution in [0.2, 0.25) is 0 Å². The van der Waals surface area contributed by atoms with Crippen LogP contribution in [0.15, 0.2) is 24.3 Å². The van der Waals surface area contributed by atoms with Crippen molar-refractivity contribution in [3.63, 3.8) is 0 Å². The van der Waals surface area contributed by atoms with Crippen molar-refractivity contribution in [3.05, 3.63) is 29.8 Å². The average Bonchev–Trinajstić information content (AvgIpc) is 2.63. The van der Waals surface area contributed by atoms with Gasteiger partial charge in [0.25, 0.3) is 0 Å². The van der Waals surface area contributed by atoms with E-state index in [2.05, 4.69) is 12.1 Å². The molecule has 1 N–H and O–H groups in total. The van der Waals surface area contributed by atoms with Gasteiger partial charge in [0.1, 0.15) is 5.75 Å². The molecule has 1 aromatic carbocycles. The van der Waals surface area contributed by atoms with Crippen LogP contribution in [0.4, 0.5) is 0 Å². The molecule has 0 aromatic heterocycles. The molecule has 0 bridgehead atoms. The van der Waals surface area contributed by atoms with Crippen LogP contribution in [-0.2, 0) is 0 Å². The Morgan fingerprint density at radius 1 is 1.43 bits per heavy atom. The molecule has 3 heteroatoms. The molecule has 76 valence electrons. The van der Waals surface area contributed by atoms with Gasteiger partial charge in [-0.05, 0) is 6.07 Å². The maximum absolute atomic E-state index is 8.68. The second-order valence-electron chi connectivity index (χ2n) is 3.34. The third kappa shape index (κ3) is 2.04. The molecule has 1 unspecified atom stereocenters. The molecule has 0 saturated heterocycles. The second-order valence-corrected chi connectivity index (χ2v) is 4.49. The Labute approximate surface area is 88.3 Å². The van der Waals surface area contributed by atoms with E-state index in [0.717, 1.165) is 23.9 Å². The first-order valence-corrected chi connectivity index (χ1v) is 5.97. The van der Waals surface area contributed by atoms with E-state index >= 15 is 0 Å². The van der Waals surface area contributed by atoms with E-state index in [4.69, 9.17) is 9.84 Å². The Morgan fingerprint density at radius 3 is 3.14 bits per heavy atom. The minimum Gasteiger partial charge on any atom is -0.493 e. The summed E-state index contributed by atoms with van der Waals surface area (Å²) >= 11 is 1.78. The summed E-state index contributed by atoms with van der Waals surface area (Å²) in [6, 6.07) is 8.21. The number of hydrogen-bond acceptors (Lipinski definition) is 3. The summed E-state index contributed by atoms with van der Waals surface area (Å²) in [4.78, 5) is 0. The molecule has 0 amide bonds. The summed E-state index contributed by atoms with van der Waals surface area (Å²) in [7, 11) is 0. The van der Waals surface area contributed by atoms with Crippen LogP contribution in [0, 0.1) is 0 Å². The Hall–Kier alpha value is -0.670. The Bertz CT molecular complexity index is 301. The lowest BCUT2D eigenvalue weighted by Gasteiger charge is -2.06. The molecule has 1 aliphatic rings. The van der Waals surface area contributed by atoms with Gasteiger partial charge in [-0.2, -0.15) is 11.8 Å². The second kappa shape index (κ2) is 4.71. The molecular formula is C11H14O2S. The van der Waals surface area contributed by atoms with Crippen LogP contribution in [-0.4, -0.2) is 29.8 Å². The monoisotopic (exact) mass is 210 g/mol. The van der Waals surface area contributed by atoms with Crippen molar-refractivity contribution in [1.82, 2.24) is 0 Å². The molecule has 14 heavy (non-hydrogen) atoms. The fourth-order valence-corrected chi connectivity index (χ4v) is 2.51. The third-order valence-electron chi connectivity index (χ3n) is 2.35. The number of fused-ring (bicyclic) bond motifs is 1. The molecule has 1 heterocycles. The topological polar surface area (TPSA) is 29.5 Å². The number of rotatable bonds is 4. The van der Waals surface area contributed by atoms with Gasteiger partial charge < -0.3 is 9.84 Å². The molecule has 1 aliphatic heterocycles. The Morgan fingerprint density at radius 2 is 2.29 bits per heavy atom. The van der Waals surface area contributed by atoms with Gasteiger partial charge in [0.05, 0.1) is 13.2 Å². The highest BCUT2D eigenvalue weighted by atomic mass is 32.2. The summed E-state index contributed by atoms with van der Waals surface area (Å²) < 4.78 is 5.57. The highest BCUT2D eigenvalue weighted by Gasteiger charge is 2.22. The van der Waals surface area contributed by atoms with E-state index in [1.165, 1.54) is 5.56 Å². The predicted octanol–water partition coefficient (Wildman–Crippen LogP) is 1.89. The first-order valence-electron chi connectivity index (χ1n) is 4.82. The highest BCUT2D eigenvalue weighted by Crippen LogP contribution is 2.35. The lowest BCUT2D eigenvalue weighted by molar-refractivity contribution is 0.322. The molecular weight excluding hydrogens is 196 g/mol. The number of para-hydroxylation sites is 1. The van der Waals surface area contributed by atoms with E-state index in [1.807, 2.05) is 12.1 Å². The van der Waals surface area contributed by atoms with Crippen molar-refractivity contribution < 1.29 is 9.84 Å². The van der Waals surface area contributed by atoms with Crippen LogP contribution in [0.3, 0.4) is 0 Å². The fraction of sp³-hybridized carbons (Fsp3) is 0.455. The maximum atomic E-state index is 8.68. The lowest BCUT2D eigenvalue weighted by atomic mass is 10.0. The number of aliphatic hydroxyl groups is 1. The molecule has 1 aromatic rings. The van der Waals surface area contributed by atoms with Gasteiger partial charge in [0.15, 0.2) is 0 Å². The zero-order chi connectivity index (χ0) is 9.80. The van der Waals surface area contributed by atoms with E-state index in [-0.39, 0.29) is 6.61 Å². The Kier molecular flexibility index (Phi) is 3.32. The van der Waals surface area contributed by atoms with Gasteiger partial charge in [-0.15, -0.1) is 0 Å². The van der Waals surface area contributed by atoms with Gasteiger partial charge in [-0.1, -0.05) is 18.2 Å². The van der Waals surface area contributed by atoms with Crippen molar-refractivity contribution >= 4 is 11.8 Å². The Balaban J connectivity index is 1.96. The molecule has 0 aliphatic carbocycles. The molecule has 2 nitrogen and oxygen atoms in total. The zero-order valence-corrected chi connectivity index (χ0v) is 8.80. The number of ether oxygens (including phenoxy) is 1. The van der Waals surface area contributed by atoms with Crippen molar-refractivity contribution in [1.29, 1.82) is 0 Å². The quantitative estimate of drug-likeness (QED) is 0.770. The van der Waals surface area contributed by atoms with Crippen LogP contribution >= 0.6 is 11.8 Å². The van der Waals surface area contributed by atoms with E-state index in [9.17, 15) is 0 Å². The van der Waals surface area contributed by atoms with Crippen LogP contribution < -0.4 is 4.74 Å². The van der Waals surface area contributed by atoms with E-state index < -0.39 is 0 Å². The molecule has 0 fully saturated rings. The van der Waals surface area contributed by atoms with E-state index in [0.29, 0.717) is 5.92 Å². The van der Waals surface area contributed by atoms with Crippen molar-refractivity contribution in [3.8, 4) is 5.75 Å². The number of benzene rings is 1. The largest absolute Gasteiger partial charge is 0.493 e. The van der Waals surface area contributed by atoms with Crippen molar-refractivity contribution in [2.24, 2.45) is 0 Å². The summed E-state index contributed by atoms with van der Waals surface area (Å²) in [5.41, 5.74) is 1.32. The van der Waals surface area contributed by atoms with Crippen molar-refractivity contribution in [2.45, 2.75) is 5.92 Å².